The van der Waals surface area contributed by atoms with Crippen LogP contribution in [0.2, 0.25) is 0 Å². The lowest BCUT2D eigenvalue weighted by Crippen LogP contribution is -2.54. The van der Waals surface area contributed by atoms with Crippen LogP contribution in [0.1, 0.15) is 27.2 Å². The number of carboxylic acids is 1. The summed E-state index contributed by atoms with van der Waals surface area (Å²) in [4.78, 5) is 23.1. The summed E-state index contributed by atoms with van der Waals surface area (Å²) >= 11 is 0. The molecule has 1 aliphatic heterocycles. The van der Waals surface area contributed by atoms with Crippen molar-refractivity contribution in [3.63, 3.8) is 0 Å². The highest BCUT2D eigenvalue weighted by atomic mass is 16.5. The highest BCUT2D eigenvalue weighted by molar-refractivity contribution is 5.84. The second kappa shape index (κ2) is 5.67. The first-order chi connectivity index (χ1) is 8.32. The SMILES string of the molecule is CCC(C)[C@H](N)C(=O)NC1COCC1(C)C(=O)O. The molecule has 0 aromatic carbocycles. The Hall–Kier alpha value is -1.14. The van der Waals surface area contributed by atoms with Crippen LogP contribution in [-0.2, 0) is 14.3 Å². The lowest BCUT2D eigenvalue weighted by molar-refractivity contribution is -0.149. The van der Waals surface area contributed by atoms with Crippen molar-refractivity contribution in [3.05, 3.63) is 0 Å². The number of ether oxygens (including phenoxy) is 1. The van der Waals surface area contributed by atoms with E-state index in [4.69, 9.17) is 10.5 Å². The maximum absolute atomic E-state index is 11.9. The van der Waals surface area contributed by atoms with Crippen molar-refractivity contribution >= 4 is 11.9 Å². The van der Waals surface area contributed by atoms with E-state index >= 15 is 0 Å². The van der Waals surface area contributed by atoms with Crippen LogP contribution in [0.3, 0.4) is 0 Å². The van der Waals surface area contributed by atoms with E-state index in [2.05, 4.69) is 5.32 Å². The van der Waals surface area contributed by atoms with Crippen LogP contribution in [0.5, 0.6) is 0 Å². The number of hydrogen-bond donors (Lipinski definition) is 3. The van der Waals surface area contributed by atoms with Gasteiger partial charge in [-0.2, -0.15) is 0 Å². The number of carboxylic acid groups (broad SMARTS) is 1. The quantitative estimate of drug-likeness (QED) is 0.642. The van der Waals surface area contributed by atoms with Gasteiger partial charge in [-0.15, -0.1) is 0 Å². The molecule has 0 bridgehead atoms. The van der Waals surface area contributed by atoms with Gasteiger partial charge in [-0.25, -0.2) is 0 Å². The predicted octanol–water partition coefficient (Wildman–Crippen LogP) is -0.0343. The molecule has 6 heteroatoms. The first kappa shape index (κ1) is 14.9. The van der Waals surface area contributed by atoms with Gasteiger partial charge >= 0.3 is 5.97 Å². The molecule has 0 radical (unpaired) electrons. The van der Waals surface area contributed by atoms with Gasteiger partial charge in [-0.3, -0.25) is 9.59 Å². The van der Waals surface area contributed by atoms with Crippen LogP contribution in [0.25, 0.3) is 0 Å². The number of amides is 1. The number of hydrogen-bond acceptors (Lipinski definition) is 4. The Morgan fingerprint density at radius 3 is 2.72 bits per heavy atom. The van der Waals surface area contributed by atoms with Crippen molar-refractivity contribution in [1.29, 1.82) is 0 Å². The molecule has 1 aliphatic rings. The van der Waals surface area contributed by atoms with E-state index in [0.29, 0.717) is 0 Å². The van der Waals surface area contributed by atoms with Crippen molar-refractivity contribution in [3.8, 4) is 0 Å². The van der Waals surface area contributed by atoms with Crippen LogP contribution in [0, 0.1) is 11.3 Å². The fraction of sp³-hybridized carbons (Fsp3) is 0.833. The average molecular weight is 258 g/mol. The Balaban J connectivity index is 2.67. The van der Waals surface area contributed by atoms with Crippen molar-refractivity contribution in [1.82, 2.24) is 5.32 Å². The van der Waals surface area contributed by atoms with Gasteiger partial charge in [0.25, 0.3) is 0 Å². The van der Waals surface area contributed by atoms with Crippen LogP contribution in [0.15, 0.2) is 0 Å². The molecule has 0 aliphatic carbocycles. The summed E-state index contributed by atoms with van der Waals surface area (Å²) in [5.41, 5.74) is 4.74. The van der Waals surface area contributed by atoms with Gasteiger partial charge in [0.15, 0.2) is 0 Å². The van der Waals surface area contributed by atoms with E-state index in [9.17, 15) is 14.7 Å². The number of nitrogens with two attached hydrogens (primary N) is 1. The van der Waals surface area contributed by atoms with Gasteiger partial charge in [-0.1, -0.05) is 20.3 Å². The zero-order chi connectivity index (χ0) is 13.9. The highest BCUT2D eigenvalue weighted by Gasteiger charge is 2.47. The molecule has 3 unspecified atom stereocenters. The number of aliphatic carboxylic acids is 1. The minimum atomic E-state index is -1.08. The standard InChI is InChI=1S/C12H22N2O4/c1-4-7(2)9(13)10(15)14-8-5-18-6-12(8,3)11(16)17/h7-9H,4-6,13H2,1-3H3,(H,14,15)(H,16,17)/t7?,8?,9-,12?/m0/s1. The Bertz CT molecular complexity index is 334. The van der Waals surface area contributed by atoms with Gasteiger partial charge < -0.3 is 20.9 Å². The van der Waals surface area contributed by atoms with Crippen LogP contribution in [-0.4, -0.2) is 42.3 Å². The molecule has 1 heterocycles. The van der Waals surface area contributed by atoms with Crippen LogP contribution >= 0.6 is 0 Å². The maximum atomic E-state index is 11.9. The largest absolute Gasteiger partial charge is 0.481 e. The minimum Gasteiger partial charge on any atom is -0.481 e. The Morgan fingerprint density at radius 2 is 2.22 bits per heavy atom. The molecular weight excluding hydrogens is 236 g/mol. The molecule has 0 spiro atoms. The predicted molar refractivity (Wildman–Crippen MR) is 65.9 cm³/mol. The molecule has 4 atom stereocenters. The fourth-order valence-corrected chi connectivity index (χ4v) is 1.87. The lowest BCUT2D eigenvalue weighted by Gasteiger charge is -2.27. The molecule has 1 saturated heterocycles. The zero-order valence-electron chi connectivity index (χ0n) is 11.1. The number of carbonyl (C=O) groups is 2. The maximum Gasteiger partial charge on any atom is 0.313 e. The van der Waals surface area contributed by atoms with Crippen LogP contribution in [0.4, 0.5) is 0 Å². The number of nitrogens with one attached hydrogen (secondary N) is 1. The van der Waals surface area contributed by atoms with Crippen molar-refractivity contribution in [2.45, 2.75) is 39.3 Å². The summed E-state index contributed by atoms with van der Waals surface area (Å²) in [6.07, 6.45) is 0.798. The van der Waals surface area contributed by atoms with E-state index in [1.807, 2.05) is 13.8 Å². The van der Waals surface area contributed by atoms with E-state index in [-0.39, 0.29) is 25.0 Å². The summed E-state index contributed by atoms with van der Waals surface area (Å²) in [5.74, 6) is -1.22. The van der Waals surface area contributed by atoms with Gasteiger partial charge in [0.2, 0.25) is 5.91 Å². The third kappa shape index (κ3) is 2.81. The molecule has 1 rings (SSSR count). The zero-order valence-corrected chi connectivity index (χ0v) is 11.1. The van der Waals surface area contributed by atoms with Gasteiger partial charge in [-0.05, 0) is 12.8 Å². The van der Waals surface area contributed by atoms with E-state index in [1.54, 1.807) is 6.92 Å². The molecule has 18 heavy (non-hydrogen) atoms. The molecule has 0 aromatic rings. The van der Waals surface area contributed by atoms with E-state index in [0.717, 1.165) is 6.42 Å². The molecule has 0 saturated carbocycles. The third-order valence-corrected chi connectivity index (χ3v) is 3.82. The summed E-state index contributed by atoms with van der Waals surface area (Å²) in [7, 11) is 0. The normalized spacial score (nSPS) is 30.8. The third-order valence-electron chi connectivity index (χ3n) is 3.82. The fourth-order valence-electron chi connectivity index (χ4n) is 1.87. The molecule has 1 fully saturated rings. The molecule has 4 N–H and O–H groups in total. The first-order valence-corrected chi connectivity index (χ1v) is 6.20. The van der Waals surface area contributed by atoms with Gasteiger partial charge in [0.05, 0.1) is 25.3 Å². The highest BCUT2D eigenvalue weighted by Crippen LogP contribution is 2.28. The van der Waals surface area contributed by atoms with E-state index < -0.39 is 23.5 Å². The molecule has 1 amide bonds. The van der Waals surface area contributed by atoms with Crippen LogP contribution < -0.4 is 11.1 Å². The van der Waals surface area contributed by atoms with Crippen molar-refractivity contribution in [2.75, 3.05) is 13.2 Å². The molecule has 6 nitrogen and oxygen atoms in total. The molecule has 0 aromatic heterocycles. The number of carbonyl (C=O) groups excluding carboxylic acids is 1. The second-order valence-electron chi connectivity index (χ2n) is 5.21. The Morgan fingerprint density at radius 1 is 1.61 bits per heavy atom. The van der Waals surface area contributed by atoms with Crippen molar-refractivity contribution in [2.24, 2.45) is 17.1 Å². The minimum absolute atomic E-state index is 0.0587. The Labute approximate surface area is 107 Å². The average Bonchev–Trinajstić information content (AvgIpc) is 2.70. The smallest absolute Gasteiger partial charge is 0.313 e. The Kier molecular flexibility index (Phi) is 4.70. The lowest BCUT2D eigenvalue weighted by atomic mass is 9.85. The summed E-state index contributed by atoms with van der Waals surface area (Å²) in [6.45, 7) is 5.74. The summed E-state index contributed by atoms with van der Waals surface area (Å²) < 4.78 is 5.17. The summed E-state index contributed by atoms with van der Waals surface area (Å²) in [5, 5.41) is 11.9. The summed E-state index contributed by atoms with van der Waals surface area (Å²) in [6, 6.07) is -1.15. The van der Waals surface area contributed by atoms with Gasteiger partial charge in [0, 0.05) is 0 Å². The van der Waals surface area contributed by atoms with Crippen molar-refractivity contribution < 1.29 is 19.4 Å². The van der Waals surface area contributed by atoms with E-state index in [1.165, 1.54) is 0 Å². The topological polar surface area (TPSA) is 102 Å². The monoisotopic (exact) mass is 258 g/mol. The second-order valence-corrected chi connectivity index (χ2v) is 5.21. The molecule has 104 valence electrons. The van der Waals surface area contributed by atoms with Gasteiger partial charge in [0.1, 0.15) is 5.41 Å². The first-order valence-electron chi connectivity index (χ1n) is 6.20. The number of rotatable bonds is 5. The molecular formula is C12H22N2O4.